The first-order valence-corrected chi connectivity index (χ1v) is 5.52. The smallest absolute Gasteiger partial charge is 0.123 e. The topological polar surface area (TPSA) is 35.2 Å². The predicted octanol–water partition coefficient (Wildman–Crippen LogP) is 2.83. The maximum atomic E-state index is 12.7. The molecule has 0 aliphatic heterocycles. The van der Waals surface area contributed by atoms with Gasteiger partial charge in [0.1, 0.15) is 11.6 Å². The molecular formula is C13H20FNO. The number of ether oxygens (including phenoxy) is 1. The minimum atomic E-state index is -0.251. The maximum absolute atomic E-state index is 12.7. The number of hydrogen-bond acceptors (Lipinski definition) is 2. The van der Waals surface area contributed by atoms with Crippen LogP contribution in [-0.2, 0) is 0 Å². The van der Waals surface area contributed by atoms with Gasteiger partial charge in [-0.25, -0.2) is 4.39 Å². The largest absolute Gasteiger partial charge is 0.493 e. The highest BCUT2D eigenvalue weighted by atomic mass is 19.1. The SMILES string of the molecule is CC(C)(C)C(CN)COc1ccc(F)cc1. The van der Waals surface area contributed by atoms with Gasteiger partial charge in [0.05, 0.1) is 6.61 Å². The van der Waals surface area contributed by atoms with E-state index in [0.717, 1.165) is 0 Å². The lowest BCUT2D eigenvalue weighted by Crippen LogP contribution is -2.33. The van der Waals surface area contributed by atoms with Gasteiger partial charge in [0.25, 0.3) is 0 Å². The summed E-state index contributed by atoms with van der Waals surface area (Å²) < 4.78 is 18.3. The molecule has 0 aromatic heterocycles. The van der Waals surface area contributed by atoms with Crippen LogP contribution in [0.4, 0.5) is 4.39 Å². The van der Waals surface area contributed by atoms with Gasteiger partial charge in [-0.05, 0) is 36.2 Å². The molecule has 2 nitrogen and oxygen atoms in total. The fourth-order valence-corrected chi connectivity index (χ4v) is 1.40. The summed E-state index contributed by atoms with van der Waals surface area (Å²) in [6.07, 6.45) is 0. The van der Waals surface area contributed by atoms with Crippen molar-refractivity contribution in [2.24, 2.45) is 17.1 Å². The molecule has 0 aliphatic carbocycles. The lowest BCUT2D eigenvalue weighted by Gasteiger charge is -2.29. The third-order valence-electron chi connectivity index (χ3n) is 2.77. The molecule has 0 aliphatic rings. The van der Waals surface area contributed by atoms with Crippen molar-refractivity contribution in [3.8, 4) is 5.75 Å². The van der Waals surface area contributed by atoms with Crippen LogP contribution in [0.3, 0.4) is 0 Å². The normalized spacial score (nSPS) is 13.6. The first kappa shape index (κ1) is 13.0. The van der Waals surface area contributed by atoms with Crippen molar-refractivity contribution in [2.45, 2.75) is 20.8 Å². The highest BCUT2D eigenvalue weighted by Gasteiger charge is 2.23. The summed E-state index contributed by atoms with van der Waals surface area (Å²) in [7, 11) is 0. The highest BCUT2D eigenvalue weighted by molar-refractivity contribution is 5.22. The summed E-state index contributed by atoms with van der Waals surface area (Å²) in [5.41, 5.74) is 5.83. The van der Waals surface area contributed by atoms with Crippen molar-refractivity contribution in [3.05, 3.63) is 30.1 Å². The molecule has 0 amide bonds. The second-order valence-electron chi connectivity index (χ2n) is 5.06. The van der Waals surface area contributed by atoms with E-state index in [4.69, 9.17) is 10.5 Å². The number of nitrogens with two attached hydrogens (primary N) is 1. The van der Waals surface area contributed by atoms with Crippen molar-refractivity contribution < 1.29 is 9.13 Å². The van der Waals surface area contributed by atoms with E-state index < -0.39 is 0 Å². The van der Waals surface area contributed by atoms with Crippen LogP contribution in [0.2, 0.25) is 0 Å². The van der Waals surface area contributed by atoms with Crippen LogP contribution in [0.5, 0.6) is 5.75 Å². The van der Waals surface area contributed by atoms with Crippen LogP contribution in [0.15, 0.2) is 24.3 Å². The molecule has 2 N–H and O–H groups in total. The van der Waals surface area contributed by atoms with Gasteiger partial charge >= 0.3 is 0 Å². The second-order valence-corrected chi connectivity index (χ2v) is 5.06. The van der Waals surface area contributed by atoms with Gasteiger partial charge < -0.3 is 10.5 Å². The van der Waals surface area contributed by atoms with Gasteiger partial charge in [0.15, 0.2) is 0 Å². The van der Waals surface area contributed by atoms with Crippen LogP contribution in [0, 0.1) is 17.2 Å². The molecule has 1 aromatic rings. The molecule has 0 saturated heterocycles. The van der Waals surface area contributed by atoms with E-state index in [-0.39, 0.29) is 17.2 Å². The number of rotatable bonds is 4. The quantitative estimate of drug-likeness (QED) is 0.855. The molecular weight excluding hydrogens is 205 g/mol. The molecule has 1 aromatic carbocycles. The maximum Gasteiger partial charge on any atom is 0.123 e. The molecule has 90 valence electrons. The summed E-state index contributed by atoms with van der Waals surface area (Å²) in [4.78, 5) is 0. The van der Waals surface area contributed by atoms with Crippen molar-refractivity contribution in [1.29, 1.82) is 0 Å². The van der Waals surface area contributed by atoms with E-state index in [2.05, 4.69) is 20.8 Å². The van der Waals surface area contributed by atoms with Crippen LogP contribution in [-0.4, -0.2) is 13.2 Å². The Morgan fingerprint density at radius 1 is 1.25 bits per heavy atom. The van der Waals surface area contributed by atoms with Crippen LogP contribution < -0.4 is 10.5 Å². The van der Waals surface area contributed by atoms with Gasteiger partial charge in [-0.2, -0.15) is 0 Å². The van der Waals surface area contributed by atoms with Crippen molar-refractivity contribution >= 4 is 0 Å². The summed E-state index contributed by atoms with van der Waals surface area (Å²) in [6.45, 7) is 7.56. The van der Waals surface area contributed by atoms with Crippen LogP contribution in [0.25, 0.3) is 0 Å². The van der Waals surface area contributed by atoms with E-state index in [9.17, 15) is 4.39 Å². The van der Waals surface area contributed by atoms with Gasteiger partial charge in [0, 0.05) is 5.92 Å². The Labute approximate surface area is 96.6 Å². The van der Waals surface area contributed by atoms with Gasteiger partial charge in [-0.1, -0.05) is 20.8 Å². The average Bonchev–Trinajstić information content (AvgIpc) is 2.19. The van der Waals surface area contributed by atoms with Gasteiger partial charge in [-0.3, -0.25) is 0 Å². The Hall–Kier alpha value is -1.09. The average molecular weight is 225 g/mol. The number of halogens is 1. The highest BCUT2D eigenvalue weighted by Crippen LogP contribution is 2.25. The van der Waals surface area contributed by atoms with Crippen LogP contribution >= 0.6 is 0 Å². The molecule has 0 spiro atoms. The lowest BCUT2D eigenvalue weighted by molar-refractivity contribution is 0.152. The lowest BCUT2D eigenvalue weighted by atomic mass is 9.81. The zero-order valence-corrected chi connectivity index (χ0v) is 10.2. The third kappa shape index (κ3) is 3.81. The fraction of sp³-hybridized carbons (Fsp3) is 0.538. The Morgan fingerprint density at radius 2 is 1.81 bits per heavy atom. The van der Waals surface area contributed by atoms with Crippen LogP contribution in [0.1, 0.15) is 20.8 Å². The van der Waals surface area contributed by atoms with E-state index in [1.54, 1.807) is 12.1 Å². The summed E-state index contributed by atoms with van der Waals surface area (Å²) in [5, 5.41) is 0. The number of hydrogen-bond donors (Lipinski definition) is 1. The molecule has 0 fully saturated rings. The summed E-state index contributed by atoms with van der Waals surface area (Å²) in [5.74, 6) is 0.722. The zero-order chi connectivity index (χ0) is 12.2. The van der Waals surface area contributed by atoms with Crippen molar-refractivity contribution in [1.82, 2.24) is 0 Å². The molecule has 0 heterocycles. The molecule has 0 radical (unpaired) electrons. The number of benzene rings is 1. The summed E-state index contributed by atoms with van der Waals surface area (Å²) >= 11 is 0. The molecule has 1 unspecified atom stereocenters. The van der Waals surface area contributed by atoms with Crippen molar-refractivity contribution in [2.75, 3.05) is 13.2 Å². The predicted molar refractivity (Wildman–Crippen MR) is 63.9 cm³/mol. The van der Waals surface area contributed by atoms with E-state index in [1.807, 2.05) is 0 Å². The minimum Gasteiger partial charge on any atom is -0.493 e. The third-order valence-corrected chi connectivity index (χ3v) is 2.77. The molecule has 1 rings (SSSR count). The Kier molecular flexibility index (Phi) is 4.30. The van der Waals surface area contributed by atoms with Crippen molar-refractivity contribution in [3.63, 3.8) is 0 Å². The van der Waals surface area contributed by atoms with E-state index in [1.165, 1.54) is 12.1 Å². The molecule has 1 atom stereocenters. The summed E-state index contributed by atoms with van der Waals surface area (Å²) in [6, 6.07) is 6.05. The standard InChI is InChI=1S/C13H20FNO/c1-13(2,3)10(8-15)9-16-12-6-4-11(14)5-7-12/h4-7,10H,8-9,15H2,1-3H3. The minimum absolute atomic E-state index is 0.120. The Balaban J connectivity index is 2.53. The van der Waals surface area contributed by atoms with Gasteiger partial charge in [0.2, 0.25) is 0 Å². The molecule has 0 bridgehead atoms. The van der Waals surface area contributed by atoms with Gasteiger partial charge in [-0.15, -0.1) is 0 Å². The Morgan fingerprint density at radius 3 is 2.25 bits per heavy atom. The molecule has 3 heteroatoms. The fourth-order valence-electron chi connectivity index (χ4n) is 1.40. The zero-order valence-electron chi connectivity index (χ0n) is 10.2. The molecule has 16 heavy (non-hydrogen) atoms. The first-order valence-electron chi connectivity index (χ1n) is 5.52. The Bertz CT molecular complexity index is 316. The first-order chi connectivity index (χ1) is 7.43. The van der Waals surface area contributed by atoms with E-state index >= 15 is 0 Å². The second kappa shape index (κ2) is 5.30. The van der Waals surface area contributed by atoms with E-state index in [0.29, 0.717) is 18.9 Å². The monoisotopic (exact) mass is 225 g/mol. The molecule has 0 saturated carbocycles.